The van der Waals surface area contributed by atoms with Gasteiger partial charge in [-0.3, -0.25) is 9.59 Å². The highest BCUT2D eigenvalue weighted by atomic mass is 32.2. The van der Waals surface area contributed by atoms with Crippen molar-refractivity contribution >= 4 is 49.5 Å². The van der Waals surface area contributed by atoms with Gasteiger partial charge in [-0.05, 0) is 31.2 Å². The number of aromatic nitrogens is 1. The predicted octanol–water partition coefficient (Wildman–Crippen LogP) is 2.51. The molecular weight excluding hydrogens is 382 g/mol. The Kier molecular flexibility index (Phi) is 5.05. The van der Waals surface area contributed by atoms with E-state index in [0.717, 1.165) is 22.7 Å². The molecule has 7 nitrogen and oxygen atoms in total. The summed E-state index contributed by atoms with van der Waals surface area (Å²) in [6, 6.07) is 2.44. The predicted molar refractivity (Wildman–Crippen MR) is 96.7 cm³/mol. The number of nitrogens with zero attached hydrogens (tertiary/aromatic N) is 2. The Hall–Kier alpha value is -1.62. The first kappa shape index (κ1) is 18.2. The summed E-state index contributed by atoms with van der Waals surface area (Å²) in [5.41, 5.74) is 0.558. The van der Waals surface area contributed by atoms with Crippen molar-refractivity contribution in [3.8, 4) is 0 Å². The number of carbonyl (C=O) groups is 2. The summed E-state index contributed by atoms with van der Waals surface area (Å²) in [7, 11) is -3.68. The van der Waals surface area contributed by atoms with Crippen LogP contribution in [-0.4, -0.2) is 42.0 Å². The van der Waals surface area contributed by atoms with Gasteiger partial charge in [0.2, 0.25) is 5.91 Å². The summed E-state index contributed by atoms with van der Waals surface area (Å²) in [5.74, 6) is -0.528. The molecule has 3 rings (SSSR count). The van der Waals surface area contributed by atoms with Gasteiger partial charge in [-0.2, -0.15) is 4.31 Å². The Balaban J connectivity index is 1.80. The summed E-state index contributed by atoms with van der Waals surface area (Å²) in [4.78, 5) is 28.8. The number of ketones is 1. The number of hydrogen-bond donors (Lipinski definition) is 1. The number of hydrogen-bond acceptors (Lipinski definition) is 7. The fraction of sp³-hybridized carbons (Fsp3) is 0.400. The third-order valence-corrected chi connectivity index (χ3v) is 8.37. The molecular formula is C15H17N3O4S3. The normalized spacial score (nSPS) is 18.4. The van der Waals surface area contributed by atoms with Crippen LogP contribution in [0, 0.1) is 6.92 Å². The monoisotopic (exact) mass is 399 g/mol. The molecule has 1 amide bonds. The third kappa shape index (κ3) is 3.52. The van der Waals surface area contributed by atoms with Gasteiger partial charge in [0.25, 0.3) is 10.0 Å². The van der Waals surface area contributed by atoms with Crippen molar-refractivity contribution in [2.45, 2.75) is 36.9 Å². The lowest BCUT2D eigenvalue weighted by Gasteiger charge is -2.22. The lowest BCUT2D eigenvalue weighted by molar-refractivity contribution is -0.119. The van der Waals surface area contributed by atoms with Gasteiger partial charge in [0.1, 0.15) is 10.3 Å². The Labute approximate surface area is 153 Å². The first-order valence-electron chi connectivity index (χ1n) is 7.65. The zero-order valence-electron chi connectivity index (χ0n) is 13.7. The lowest BCUT2D eigenvalue weighted by Crippen LogP contribution is -2.42. The SMILES string of the molecule is CC(=O)c1sc(NC(=O)[C@@H]2CCCN2S(=O)(=O)c2cccs2)nc1C. The topological polar surface area (TPSA) is 96.4 Å². The van der Waals surface area contributed by atoms with E-state index in [0.29, 0.717) is 35.1 Å². The summed E-state index contributed by atoms with van der Waals surface area (Å²) in [6.07, 6.45) is 1.08. The van der Waals surface area contributed by atoms with Crippen LogP contribution in [0.5, 0.6) is 0 Å². The van der Waals surface area contributed by atoms with E-state index in [9.17, 15) is 18.0 Å². The van der Waals surface area contributed by atoms with Crippen LogP contribution in [0.2, 0.25) is 0 Å². The Morgan fingerprint density at radius 3 is 2.76 bits per heavy atom. The Morgan fingerprint density at radius 2 is 2.16 bits per heavy atom. The zero-order valence-corrected chi connectivity index (χ0v) is 16.1. The van der Waals surface area contributed by atoms with Gasteiger partial charge in [0.15, 0.2) is 10.9 Å². The molecule has 0 aliphatic carbocycles. The van der Waals surface area contributed by atoms with Gasteiger partial charge in [0, 0.05) is 13.5 Å². The van der Waals surface area contributed by atoms with Gasteiger partial charge in [-0.1, -0.05) is 17.4 Å². The first-order chi connectivity index (χ1) is 11.8. The number of amides is 1. The summed E-state index contributed by atoms with van der Waals surface area (Å²) in [6.45, 7) is 3.46. The molecule has 1 aliphatic rings. The molecule has 134 valence electrons. The second kappa shape index (κ2) is 6.94. The number of carbonyl (C=O) groups excluding carboxylic acids is 2. The number of nitrogens with one attached hydrogen (secondary N) is 1. The Morgan fingerprint density at radius 1 is 1.40 bits per heavy atom. The van der Waals surface area contributed by atoms with Crippen molar-refractivity contribution in [2.75, 3.05) is 11.9 Å². The number of rotatable bonds is 5. The molecule has 1 aliphatic heterocycles. The molecule has 0 radical (unpaired) electrons. The maximum absolute atomic E-state index is 12.7. The smallest absolute Gasteiger partial charge is 0.253 e. The minimum atomic E-state index is -3.68. The van der Waals surface area contributed by atoms with E-state index in [1.54, 1.807) is 18.4 Å². The van der Waals surface area contributed by atoms with Crippen LogP contribution < -0.4 is 5.32 Å². The Bertz CT molecular complexity index is 903. The largest absolute Gasteiger partial charge is 0.301 e. The molecule has 2 aromatic heterocycles. The average molecular weight is 400 g/mol. The summed E-state index contributed by atoms with van der Waals surface area (Å²) in [5, 5.41) is 4.67. The molecule has 25 heavy (non-hydrogen) atoms. The van der Waals surface area contributed by atoms with E-state index in [1.165, 1.54) is 17.3 Å². The minimum Gasteiger partial charge on any atom is -0.301 e. The standard InChI is InChI=1S/C15H17N3O4S3/c1-9-13(10(2)19)24-15(16-9)17-14(20)11-5-3-7-18(11)25(21,22)12-6-4-8-23-12/h4,6,8,11H,3,5,7H2,1-2H3,(H,16,17,20)/t11-/m0/s1. The van der Waals surface area contributed by atoms with Crippen LogP contribution in [0.15, 0.2) is 21.7 Å². The summed E-state index contributed by atoms with van der Waals surface area (Å²) < 4.78 is 26.9. The van der Waals surface area contributed by atoms with Crippen LogP contribution in [0.1, 0.15) is 35.1 Å². The molecule has 1 fully saturated rings. The number of Topliss-reactive ketones (excluding diaryl/α,β-unsaturated/α-hetero) is 1. The molecule has 0 aromatic carbocycles. The third-order valence-electron chi connectivity index (χ3n) is 3.91. The molecule has 0 unspecified atom stereocenters. The fourth-order valence-corrected chi connectivity index (χ4v) is 6.42. The van der Waals surface area contributed by atoms with Crippen molar-refractivity contribution in [1.82, 2.24) is 9.29 Å². The molecule has 0 saturated carbocycles. The van der Waals surface area contributed by atoms with Crippen LogP contribution in [0.3, 0.4) is 0 Å². The molecule has 10 heteroatoms. The number of sulfonamides is 1. The van der Waals surface area contributed by atoms with Crippen molar-refractivity contribution < 1.29 is 18.0 Å². The van der Waals surface area contributed by atoms with Crippen molar-refractivity contribution in [3.05, 3.63) is 28.1 Å². The molecule has 1 atom stereocenters. The van der Waals surface area contributed by atoms with E-state index in [1.807, 2.05) is 0 Å². The molecule has 0 spiro atoms. The van der Waals surface area contributed by atoms with E-state index < -0.39 is 22.0 Å². The maximum Gasteiger partial charge on any atom is 0.253 e. The summed E-state index contributed by atoms with van der Waals surface area (Å²) >= 11 is 2.24. The molecule has 3 heterocycles. The maximum atomic E-state index is 12.7. The van der Waals surface area contributed by atoms with Crippen LogP contribution in [0.25, 0.3) is 0 Å². The fourth-order valence-electron chi connectivity index (χ4n) is 2.78. The average Bonchev–Trinajstić information content (AvgIpc) is 3.27. The van der Waals surface area contributed by atoms with Crippen LogP contribution in [0.4, 0.5) is 5.13 Å². The highest BCUT2D eigenvalue weighted by Crippen LogP contribution is 2.30. The number of thiophene rings is 1. The molecule has 2 aromatic rings. The molecule has 0 bridgehead atoms. The van der Waals surface area contributed by atoms with Crippen molar-refractivity contribution in [2.24, 2.45) is 0 Å². The van der Waals surface area contributed by atoms with Crippen LogP contribution >= 0.6 is 22.7 Å². The number of anilines is 1. The van der Waals surface area contributed by atoms with Gasteiger partial charge in [0.05, 0.1) is 10.6 Å². The highest BCUT2D eigenvalue weighted by molar-refractivity contribution is 7.91. The van der Waals surface area contributed by atoms with E-state index in [-0.39, 0.29) is 9.99 Å². The van der Waals surface area contributed by atoms with E-state index >= 15 is 0 Å². The zero-order chi connectivity index (χ0) is 18.2. The second-order valence-corrected chi connectivity index (χ2v) is 9.75. The van der Waals surface area contributed by atoms with Gasteiger partial charge >= 0.3 is 0 Å². The second-order valence-electron chi connectivity index (χ2n) is 5.68. The van der Waals surface area contributed by atoms with Crippen molar-refractivity contribution in [3.63, 3.8) is 0 Å². The number of aryl methyl sites for hydroxylation is 1. The highest BCUT2D eigenvalue weighted by Gasteiger charge is 2.40. The first-order valence-corrected chi connectivity index (χ1v) is 10.8. The van der Waals surface area contributed by atoms with Gasteiger partial charge < -0.3 is 5.32 Å². The van der Waals surface area contributed by atoms with Crippen LogP contribution in [-0.2, 0) is 14.8 Å². The number of thiazole rings is 1. The van der Waals surface area contributed by atoms with Gasteiger partial charge in [-0.25, -0.2) is 13.4 Å². The quantitative estimate of drug-likeness (QED) is 0.779. The molecule has 1 saturated heterocycles. The minimum absolute atomic E-state index is 0.113. The lowest BCUT2D eigenvalue weighted by atomic mass is 10.2. The van der Waals surface area contributed by atoms with E-state index in [4.69, 9.17) is 0 Å². The van der Waals surface area contributed by atoms with Crippen molar-refractivity contribution in [1.29, 1.82) is 0 Å². The van der Waals surface area contributed by atoms with E-state index in [2.05, 4.69) is 10.3 Å². The molecule has 1 N–H and O–H groups in total. The van der Waals surface area contributed by atoms with Gasteiger partial charge in [-0.15, -0.1) is 11.3 Å².